The first-order valence-corrected chi connectivity index (χ1v) is 7.79. The lowest BCUT2D eigenvalue weighted by atomic mass is 10.2. The fraction of sp³-hybridized carbons (Fsp3) is 0.733. The molecular weight excluding hydrogens is 226 g/mol. The molecule has 0 bridgehead atoms. The van der Waals surface area contributed by atoms with E-state index in [0.717, 1.165) is 17.9 Å². The summed E-state index contributed by atoms with van der Waals surface area (Å²) in [5.74, 6) is 0. The van der Waals surface area contributed by atoms with Gasteiger partial charge in [-0.25, -0.2) is 0 Å². The molecule has 1 nitrogen and oxygen atoms in total. The minimum atomic E-state index is 0.574. The first-order chi connectivity index (χ1) is 8.13. The Labute approximate surface area is 113 Å². The molecule has 1 N–H and O–H groups in total. The van der Waals surface area contributed by atoms with Gasteiger partial charge in [0.25, 0.3) is 0 Å². The van der Waals surface area contributed by atoms with Crippen molar-refractivity contribution in [1.29, 1.82) is 0 Å². The zero-order valence-electron chi connectivity index (χ0n) is 12.6. The lowest BCUT2D eigenvalue weighted by Gasteiger charge is -2.16. The topological polar surface area (TPSA) is 12.0 Å². The van der Waals surface area contributed by atoms with Gasteiger partial charge in [0.05, 0.1) is 5.03 Å². The second-order valence-corrected chi connectivity index (χ2v) is 4.88. The van der Waals surface area contributed by atoms with Gasteiger partial charge in [-0.3, -0.25) is 0 Å². The molecule has 0 amide bonds. The van der Waals surface area contributed by atoms with Crippen LogP contribution in [0.2, 0.25) is 0 Å². The minimum absolute atomic E-state index is 0.574. The van der Waals surface area contributed by atoms with Gasteiger partial charge in [-0.15, -0.1) is 0 Å². The maximum Gasteiger partial charge on any atom is 0.0652 e. The Morgan fingerprint density at radius 2 is 1.76 bits per heavy atom. The summed E-state index contributed by atoms with van der Waals surface area (Å²) in [6.45, 7) is 16.8. The van der Waals surface area contributed by atoms with E-state index in [0.29, 0.717) is 6.04 Å². The first-order valence-electron chi connectivity index (χ1n) is 6.91. The van der Waals surface area contributed by atoms with Gasteiger partial charge in [-0.05, 0) is 31.6 Å². The molecule has 102 valence electrons. The number of allylic oxidation sites excluding steroid dienone is 1. The van der Waals surface area contributed by atoms with Gasteiger partial charge in [-0.1, -0.05) is 65.0 Å². The Bertz CT molecular complexity index is 205. The average molecular weight is 257 g/mol. The molecule has 17 heavy (non-hydrogen) atoms. The van der Waals surface area contributed by atoms with E-state index in [1.165, 1.54) is 18.4 Å². The lowest BCUT2D eigenvalue weighted by Crippen LogP contribution is -2.25. The van der Waals surface area contributed by atoms with Crippen LogP contribution in [0, 0.1) is 0 Å². The quantitative estimate of drug-likeness (QED) is 0.598. The first kappa shape index (κ1) is 19.0. The van der Waals surface area contributed by atoms with E-state index in [9.17, 15) is 0 Å². The van der Waals surface area contributed by atoms with E-state index in [1.807, 2.05) is 13.8 Å². The molecular formula is C15H31NS. The van der Waals surface area contributed by atoms with E-state index in [1.54, 1.807) is 11.8 Å². The zero-order valence-corrected chi connectivity index (χ0v) is 13.4. The van der Waals surface area contributed by atoms with Crippen LogP contribution in [0.1, 0.15) is 67.2 Å². The van der Waals surface area contributed by atoms with E-state index in [4.69, 9.17) is 0 Å². The van der Waals surface area contributed by atoms with E-state index in [2.05, 4.69) is 45.0 Å². The summed E-state index contributed by atoms with van der Waals surface area (Å²) in [5, 5.41) is 6.72. The third kappa shape index (κ3) is 11.9. The number of nitrogens with one attached hydrogen (secondary N) is 1. The molecule has 0 aromatic carbocycles. The number of thioether (sulfide) groups is 1. The zero-order chi connectivity index (χ0) is 13.7. The van der Waals surface area contributed by atoms with Gasteiger partial charge < -0.3 is 5.32 Å². The summed E-state index contributed by atoms with van der Waals surface area (Å²) in [6, 6.07) is 0.574. The van der Waals surface area contributed by atoms with Crippen molar-refractivity contribution >= 4 is 11.8 Å². The molecule has 0 saturated carbocycles. The lowest BCUT2D eigenvalue weighted by molar-refractivity contribution is 0.548. The third-order valence-electron chi connectivity index (χ3n) is 2.40. The van der Waals surface area contributed by atoms with Crippen LogP contribution in [0.3, 0.4) is 0 Å². The molecule has 2 heteroatoms. The van der Waals surface area contributed by atoms with Gasteiger partial charge in [0.1, 0.15) is 0 Å². The fourth-order valence-electron chi connectivity index (χ4n) is 1.38. The molecule has 0 aliphatic carbocycles. The van der Waals surface area contributed by atoms with Crippen LogP contribution < -0.4 is 5.32 Å². The van der Waals surface area contributed by atoms with Crippen molar-refractivity contribution < 1.29 is 0 Å². The minimum Gasteiger partial charge on any atom is -0.377 e. The van der Waals surface area contributed by atoms with E-state index in [-0.39, 0.29) is 0 Å². The molecule has 0 aromatic rings. The van der Waals surface area contributed by atoms with Gasteiger partial charge in [0, 0.05) is 6.04 Å². The van der Waals surface area contributed by atoms with Crippen LogP contribution in [-0.4, -0.2) is 6.04 Å². The highest BCUT2D eigenvalue weighted by atomic mass is 32.2. The maximum absolute atomic E-state index is 4.03. The van der Waals surface area contributed by atoms with E-state index < -0.39 is 0 Å². The number of hydrogen-bond donors (Lipinski definition) is 1. The van der Waals surface area contributed by atoms with Gasteiger partial charge in [-0.2, -0.15) is 0 Å². The van der Waals surface area contributed by atoms with Crippen molar-refractivity contribution in [2.75, 3.05) is 0 Å². The summed E-state index contributed by atoms with van der Waals surface area (Å²) >= 11 is 1.72. The highest BCUT2D eigenvalue weighted by Crippen LogP contribution is 2.18. The van der Waals surface area contributed by atoms with Crippen molar-refractivity contribution in [3.05, 3.63) is 22.6 Å². The van der Waals surface area contributed by atoms with Crippen LogP contribution in [0.25, 0.3) is 0 Å². The van der Waals surface area contributed by atoms with Crippen molar-refractivity contribution in [2.45, 2.75) is 73.3 Å². The van der Waals surface area contributed by atoms with Crippen molar-refractivity contribution in [3.63, 3.8) is 0 Å². The number of rotatable bonds is 8. The molecule has 0 radical (unpaired) electrons. The van der Waals surface area contributed by atoms with Gasteiger partial charge in [0.2, 0.25) is 0 Å². The third-order valence-corrected chi connectivity index (χ3v) is 3.32. The van der Waals surface area contributed by atoms with Crippen LogP contribution in [-0.2, 0) is 0 Å². The summed E-state index contributed by atoms with van der Waals surface area (Å²) in [5.41, 5.74) is 1.44. The van der Waals surface area contributed by atoms with Gasteiger partial charge >= 0.3 is 0 Å². The smallest absolute Gasteiger partial charge is 0.0652 e. The standard InChI is InChI=1S/C13H25NS.C2H6/c1-6-9-11(4)10-15-12(5)14-13(7-2)8-3;1-2/h10,13-14H,5-9H2,1-4H3;1-2H3/b11-10-;. The van der Waals surface area contributed by atoms with Crippen molar-refractivity contribution in [2.24, 2.45) is 0 Å². The Morgan fingerprint density at radius 3 is 2.18 bits per heavy atom. The number of hydrogen-bond acceptors (Lipinski definition) is 2. The van der Waals surface area contributed by atoms with Crippen LogP contribution >= 0.6 is 11.8 Å². The Kier molecular flexibility index (Phi) is 15.3. The highest BCUT2D eigenvalue weighted by Gasteiger charge is 2.02. The molecule has 0 atom stereocenters. The Hall–Kier alpha value is -0.370. The normalized spacial score (nSPS) is 10.9. The second-order valence-electron chi connectivity index (χ2n) is 3.91. The molecule has 0 aromatic heterocycles. The molecule has 0 saturated heterocycles. The molecule has 0 rings (SSSR count). The SMILES string of the molecule is C=C(NC(CC)CC)S/C=C(/C)CCC.CC. The predicted octanol–water partition coefficient (Wildman–Crippen LogP) is 5.70. The molecule has 0 spiro atoms. The Morgan fingerprint density at radius 1 is 1.24 bits per heavy atom. The van der Waals surface area contributed by atoms with Crippen LogP contribution in [0.15, 0.2) is 22.6 Å². The largest absolute Gasteiger partial charge is 0.377 e. The molecule has 0 aliphatic rings. The molecule has 0 unspecified atom stereocenters. The second kappa shape index (κ2) is 13.7. The Balaban J connectivity index is 0. The summed E-state index contributed by atoms with van der Waals surface area (Å²) in [4.78, 5) is 0. The van der Waals surface area contributed by atoms with Gasteiger partial charge in [0.15, 0.2) is 0 Å². The fourth-order valence-corrected chi connectivity index (χ4v) is 2.08. The molecule has 0 heterocycles. The van der Waals surface area contributed by atoms with Crippen molar-refractivity contribution in [3.8, 4) is 0 Å². The average Bonchev–Trinajstić information content (AvgIpc) is 2.36. The van der Waals surface area contributed by atoms with Crippen LogP contribution in [0.4, 0.5) is 0 Å². The van der Waals surface area contributed by atoms with Crippen LogP contribution in [0.5, 0.6) is 0 Å². The summed E-state index contributed by atoms with van der Waals surface area (Å²) in [7, 11) is 0. The predicted molar refractivity (Wildman–Crippen MR) is 84.2 cm³/mol. The molecule has 0 aliphatic heterocycles. The summed E-state index contributed by atoms with van der Waals surface area (Å²) < 4.78 is 0. The maximum atomic E-state index is 4.03. The highest BCUT2D eigenvalue weighted by molar-refractivity contribution is 8.05. The molecule has 0 fully saturated rings. The summed E-state index contributed by atoms with van der Waals surface area (Å²) in [6.07, 6.45) is 4.72. The monoisotopic (exact) mass is 257 g/mol. The van der Waals surface area contributed by atoms with E-state index >= 15 is 0 Å². The van der Waals surface area contributed by atoms with Crippen molar-refractivity contribution in [1.82, 2.24) is 5.32 Å².